The van der Waals surface area contributed by atoms with Crippen molar-refractivity contribution in [3.63, 3.8) is 0 Å². The van der Waals surface area contributed by atoms with Crippen LogP contribution in [0.1, 0.15) is 46.5 Å². The largest absolute Gasteiger partial charge is 0.470 e. The molecule has 0 spiro atoms. The van der Waals surface area contributed by atoms with Gasteiger partial charge in [-0.3, -0.25) is 9.69 Å². The highest BCUT2D eigenvalue weighted by Gasteiger charge is 2.26. The zero-order valence-corrected chi connectivity index (χ0v) is 18.5. The van der Waals surface area contributed by atoms with Crippen molar-refractivity contribution in [3.8, 4) is 5.88 Å². The molecule has 1 amide bonds. The van der Waals surface area contributed by atoms with Crippen molar-refractivity contribution in [2.24, 2.45) is 0 Å². The lowest BCUT2D eigenvalue weighted by Crippen LogP contribution is -2.43. The van der Waals surface area contributed by atoms with Crippen molar-refractivity contribution >= 4 is 5.91 Å². The van der Waals surface area contributed by atoms with Crippen LogP contribution in [0.4, 0.5) is 0 Å². The van der Waals surface area contributed by atoms with E-state index in [1.54, 1.807) is 18.3 Å². The first-order chi connectivity index (χ1) is 15.6. The molecule has 1 N–H and O–H groups in total. The van der Waals surface area contributed by atoms with E-state index in [4.69, 9.17) is 13.9 Å². The van der Waals surface area contributed by atoms with Gasteiger partial charge in [-0.2, -0.15) is 0 Å². The summed E-state index contributed by atoms with van der Waals surface area (Å²) in [5.41, 5.74) is 1.56. The summed E-state index contributed by atoms with van der Waals surface area (Å²) in [7, 11) is 0. The summed E-state index contributed by atoms with van der Waals surface area (Å²) in [6, 6.07) is 17.3. The summed E-state index contributed by atoms with van der Waals surface area (Å²) in [5.74, 6) is 2.01. The van der Waals surface area contributed by atoms with Crippen LogP contribution >= 0.6 is 0 Å². The Bertz CT molecular complexity index is 998. The molecule has 4 rings (SSSR count). The standard InChI is InChI=1S/C25H29N3O4/c1-18-8-10-23(31-18)22(28-12-14-30-15-13-28)17-27-25(29)21-9-11-24(26-16-21)32-19(2)20-6-4-3-5-7-20/h3-11,16,19,22H,12-15,17H2,1-2H3,(H,27,29)/t19-,22-/m0/s1. The van der Waals surface area contributed by atoms with E-state index in [2.05, 4.69) is 15.2 Å². The van der Waals surface area contributed by atoms with E-state index in [0.717, 1.165) is 30.2 Å². The van der Waals surface area contributed by atoms with Gasteiger partial charge in [0.25, 0.3) is 5.91 Å². The topological polar surface area (TPSA) is 76.8 Å². The first kappa shape index (κ1) is 22.0. The highest BCUT2D eigenvalue weighted by atomic mass is 16.5. The third-order valence-electron chi connectivity index (χ3n) is 5.60. The quantitative estimate of drug-likeness (QED) is 0.578. The monoisotopic (exact) mass is 435 g/mol. The van der Waals surface area contributed by atoms with E-state index in [1.165, 1.54) is 0 Å². The van der Waals surface area contributed by atoms with Crippen LogP contribution in [0.25, 0.3) is 0 Å². The molecule has 2 atom stereocenters. The Balaban J connectivity index is 1.37. The highest BCUT2D eigenvalue weighted by Crippen LogP contribution is 2.24. The number of benzene rings is 1. The summed E-state index contributed by atoms with van der Waals surface area (Å²) in [6.45, 7) is 7.29. The molecule has 2 aromatic heterocycles. The van der Waals surface area contributed by atoms with Crippen LogP contribution in [0.5, 0.6) is 5.88 Å². The number of pyridine rings is 1. The summed E-state index contributed by atoms with van der Waals surface area (Å²) in [4.78, 5) is 19.4. The second-order valence-electron chi connectivity index (χ2n) is 7.88. The molecule has 7 heteroatoms. The molecule has 1 aromatic carbocycles. The van der Waals surface area contributed by atoms with Crippen molar-refractivity contribution in [2.45, 2.75) is 26.0 Å². The van der Waals surface area contributed by atoms with Gasteiger partial charge >= 0.3 is 0 Å². The van der Waals surface area contributed by atoms with Crippen LogP contribution in [-0.2, 0) is 4.74 Å². The number of hydrogen-bond donors (Lipinski definition) is 1. The number of rotatable bonds is 8. The lowest BCUT2D eigenvalue weighted by atomic mass is 10.1. The maximum atomic E-state index is 12.8. The predicted molar refractivity (Wildman–Crippen MR) is 121 cm³/mol. The fraction of sp³-hybridized carbons (Fsp3) is 0.360. The zero-order chi connectivity index (χ0) is 22.3. The molecule has 3 aromatic rings. The number of aryl methyl sites for hydroxylation is 1. The van der Waals surface area contributed by atoms with Crippen molar-refractivity contribution in [3.05, 3.63) is 83.4 Å². The Morgan fingerprint density at radius 3 is 2.56 bits per heavy atom. The fourth-order valence-corrected chi connectivity index (χ4v) is 3.78. The number of amides is 1. The van der Waals surface area contributed by atoms with E-state index < -0.39 is 0 Å². The molecule has 3 heterocycles. The number of ether oxygens (including phenoxy) is 2. The molecule has 0 radical (unpaired) electrons. The van der Waals surface area contributed by atoms with Crippen LogP contribution in [0, 0.1) is 6.92 Å². The summed E-state index contributed by atoms with van der Waals surface area (Å²) >= 11 is 0. The molecule has 32 heavy (non-hydrogen) atoms. The average Bonchev–Trinajstić information content (AvgIpc) is 3.26. The van der Waals surface area contributed by atoms with Gasteiger partial charge in [0.05, 0.1) is 24.8 Å². The van der Waals surface area contributed by atoms with Gasteiger partial charge in [-0.25, -0.2) is 4.98 Å². The van der Waals surface area contributed by atoms with E-state index in [1.807, 2.05) is 56.3 Å². The fourth-order valence-electron chi connectivity index (χ4n) is 3.78. The SMILES string of the molecule is Cc1ccc([C@H](CNC(=O)c2ccc(O[C@@H](C)c3ccccc3)nc2)N2CCOCC2)o1. The molecule has 1 saturated heterocycles. The van der Waals surface area contributed by atoms with Gasteiger partial charge in [-0.1, -0.05) is 30.3 Å². The predicted octanol–water partition coefficient (Wildman–Crippen LogP) is 3.93. The van der Waals surface area contributed by atoms with Crippen LogP contribution in [-0.4, -0.2) is 48.6 Å². The molecule has 0 aliphatic carbocycles. The van der Waals surface area contributed by atoms with Crippen LogP contribution in [0.2, 0.25) is 0 Å². The van der Waals surface area contributed by atoms with Gasteiger partial charge < -0.3 is 19.2 Å². The number of furan rings is 1. The summed E-state index contributed by atoms with van der Waals surface area (Å²) in [5, 5.41) is 3.03. The minimum Gasteiger partial charge on any atom is -0.470 e. The Morgan fingerprint density at radius 1 is 1.12 bits per heavy atom. The molecule has 0 saturated carbocycles. The van der Waals surface area contributed by atoms with Gasteiger partial charge in [-0.05, 0) is 37.6 Å². The van der Waals surface area contributed by atoms with E-state index in [9.17, 15) is 4.79 Å². The number of carbonyl (C=O) groups is 1. The lowest BCUT2D eigenvalue weighted by Gasteiger charge is -2.33. The second kappa shape index (κ2) is 10.4. The molecule has 1 fully saturated rings. The molecule has 0 unspecified atom stereocenters. The van der Waals surface area contributed by atoms with E-state index in [-0.39, 0.29) is 18.1 Å². The van der Waals surface area contributed by atoms with Gasteiger partial charge in [0, 0.05) is 31.9 Å². The van der Waals surface area contributed by atoms with Gasteiger partial charge in [0.1, 0.15) is 17.6 Å². The van der Waals surface area contributed by atoms with E-state index in [0.29, 0.717) is 31.2 Å². The number of carbonyl (C=O) groups excluding carboxylic acids is 1. The van der Waals surface area contributed by atoms with Crippen molar-refractivity contribution in [1.82, 2.24) is 15.2 Å². The van der Waals surface area contributed by atoms with Crippen molar-refractivity contribution in [1.29, 1.82) is 0 Å². The maximum absolute atomic E-state index is 12.8. The molecular weight excluding hydrogens is 406 g/mol. The maximum Gasteiger partial charge on any atom is 0.252 e. The van der Waals surface area contributed by atoms with Crippen molar-refractivity contribution < 1.29 is 18.7 Å². The Morgan fingerprint density at radius 2 is 1.91 bits per heavy atom. The number of nitrogens with one attached hydrogen (secondary N) is 1. The minimum absolute atomic E-state index is 0.0427. The Kier molecular flexibility index (Phi) is 7.19. The minimum atomic E-state index is -0.179. The average molecular weight is 436 g/mol. The zero-order valence-electron chi connectivity index (χ0n) is 18.5. The highest BCUT2D eigenvalue weighted by molar-refractivity contribution is 5.93. The smallest absolute Gasteiger partial charge is 0.252 e. The lowest BCUT2D eigenvalue weighted by molar-refractivity contribution is 0.0117. The normalized spacial score (nSPS) is 16.3. The van der Waals surface area contributed by atoms with E-state index >= 15 is 0 Å². The number of morpholine rings is 1. The third-order valence-corrected chi connectivity index (χ3v) is 5.60. The molecular formula is C25H29N3O4. The first-order valence-electron chi connectivity index (χ1n) is 10.9. The van der Waals surface area contributed by atoms with Gasteiger partial charge in [-0.15, -0.1) is 0 Å². The number of hydrogen-bond acceptors (Lipinski definition) is 6. The Hall–Kier alpha value is -3.16. The van der Waals surface area contributed by atoms with Gasteiger partial charge in [0.15, 0.2) is 0 Å². The summed E-state index contributed by atoms with van der Waals surface area (Å²) in [6.07, 6.45) is 1.41. The van der Waals surface area contributed by atoms with Crippen LogP contribution < -0.4 is 10.1 Å². The number of aromatic nitrogens is 1. The molecule has 0 bridgehead atoms. The van der Waals surface area contributed by atoms with Crippen LogP contribution in [0.15, 0.2) is 65.2 Å². The third kappa shape index (κ3) is 5.55. The number of nitrogens with zero attached hydrogens (tertiary/aromatic N) is 2. The second-order valence-corrected chi connectivity index (χ2v) is 7.88. The van der Waals surface area contributed by atoms with Crippen LogP contribution in [0.3, 0.4) is 0 Å². The van der Waals surface area contributed by atoms with Gasteiger partial charge in [0.2, 0.25) is 5.88 Å². The Labute approximate surface area is 188 Å². The van der Waals surface area contributed by atoms with Crippen molar-refractivity contribution in [2.75, 3.05) is 32.8 Å². The molecule has 7 nitrogen and oxygen atoms in total. The molecule has 1 aliphatic heterocycles. The summed E-state index contributed by atoms with van der Waals surface area (Å²) < 4.78 is 17.2. The molecule has 1 aliphatic rings. The first-order valence-corrected chi connectivity index (χ1v) is 10.9. The molecule has 168 valence electrons.